The van der Waals surface area contributed by atoms with Crippen LogP contribution in [-0.4, -0.2) is 16.9 Å². The maximum Gasteiger partial charge on any atom is 0.346 e. The Morgan fingerprint density at radius 1 is 0.960 bits per heavy atom. The van der Waals surface area contributed by atoms with Crippen LogP contribution in [0.2, 0.25) is 0 Å². The van der Waals surface area contributed by atoms with Crippen molar-refractivity contribution in [2.24, 2.45) is 0 Å². The van der Waals surface area contributed by atoms with Gasteiger partial charge in [0.1, 0.15) is 10.7 Å². The average Bonchev–Trinajstić information content (AvgIpc) is 3.02. The van der Waals surface area contributed by atoms with Crippen LogP contribution in [0.25, 0.3) is 10.4 Å². The van der Waals surface area contributed by atoms with E-state index in [-0.39, 0.29) is 17.1 Å². The van der Waals surface area contributed by atoms with E-state index in [0.29, 0.717) is 12.0 Å². The Bertz CT molecular complexity index is 898. The second kappa shape index (κ2) is 7.76. The lowest BCUT2D eigenvalue weighted by molar-refractivity contribution is -0.117. The summed E-state index contributed by atoms with van der Waals surface area (Å²) < 4.78 is 0.960. The molecule has 0 aliphatic carbocycles. The van der Waals surface area contributed by atoms with Crippen molar-refractivity contribution in [1.29, 1.82) is 0 Å². The summed E-state index contributed by atoms with van der Waals surface area (Å²) in [5, 5.41) is 9.45. The number of hydrogen-bond donors (Lipinski definition) is 1. The average molecular weight is 415 g/mol. The Morgan fingerprint density at radius 3 is 2.28 bits per heavy atom. The minimum absolute atomic E-state index is 0.00207. The van der Waals surface area contributed by atoms with Gasteiger partial charge in [0.05, 0.1) is 0 Å². The maximum absolute atomic E-state index is 12.4. The summed E-state index contributed by atoms with van der Waals surface area (Å²) in [7, 11) is 0. The van der Waals surface area contributed by atoms with Gasteiger partial charge in [-0.3, -0.25) is 4.79 Å². The standard InChI is InChI=1S/C20H15BrO3S/c21-16-8-6-13(7-9-16)10-17(22)11-15-12-18(25-19(15)20(23)24)14-4-2-1-3-5-14/h1-9,12H,10-11H2,(H,23,24). The molecule has 1 heterocycles. The number of carbonyl (C=O) groups is 2. The highest BCUT2D eigenvalue weighted by Gasteiger charge is 2.18. The summed E-state index contributed by atoms with van der Waals surface area (Å²) >= 11 is 4.58. The molecule has 0 aliphatic heterocycles. The highest BCUT2D eigenvalue weighted by molar-refractivity contribution is 9.10. The smallest absolute Gasteiger partial charge is 0.346 e. The van der Waals surface area contributed by atoms with Gasteiger partial charge < -0.3 is 5.11 Å². The molecule has 0 amide bonds. The maximum atomic E-state index is 12.4. The van der Waals surface area contributed by atoms with Crippen LogP contribution in [0.1, 0.15) is 20.8 Å². The molecule has 0 spiro atoms. The van der Waals surface area contributed by atoms with E-state index in [9.17, 15) is 14.7 Å². The minimum atomic E-state index is -0.987. The van der Waals surface area contributed by atoms with Gasteiger partial charge in [0.15, 0.2) is 0 Å². The van der Waals surface area contributed by atoms with Crippen LogP contribution < -0.4 is 0 Å². The lowest BCUT2D eigenvalue weighted by Gasteiger charge is -2.02. The molecule has 126 valence electrons. The van der Waals surface area contributed by atoms with Crippen molar-refractivity contribution >= 4 is 39.0 Å². The fourth-order valence-electron chi connectivity index (χ4n) is 2.59. The zero-order valence-electron chi connectivity index (χ0n) is 13.2. The number of hydrogen-bond acceptors (Lipinski definition) is 3. The third-order valence-electron chi connectivity index (χ3n) is 3.76. The number of rotatable bonds is 6. The SMILES string of the molecule is O=C(Cc1ccc(Br)cc1)Cc1cc(-c2ccccc2)sc1C(=O)O. The number of carboxylic acids is 1. The third-order valence-corrected chi connectivity index (χ3v) is 5.51. The van der Waals surface area contributed by atoms with E-state index in [1.165, 1.54) is 11.3 Å². The molecular weight excluding hydrogens is 400 g/mol. The van der Waals surface area contributed by atoms with Crippen molar-refractivity contribution in [3.8, 4) is 10.4 Å². The van der Waals surface area contributed by atoms with Gasteiger partial charge in [-0.05, 0) is 34.9 Å². The molecule has 0 unspecified atom stereocenters. The number of halogens is 1. The Hall–Kier alpha value is -2.24. The van der Waals surface area contributed by atoms with Gasteiger partial charge in [-0.15, -0.1) is 11.3 Å². The fourth-order valence-corrected chi connectivity index (χ4v) is 3.88. The number of benzene rings is 2. The van der Waals surface area contributed by atoms with E-state index in [2.05, 4.69) is 15.9 Å². The Morgan fingerprint density at radius 2 is 1.64 bits per heavy atom. The van der Waals surface area contributed by atoms with Crippen molar-refractivity contribution in [3.05, 3.63) is 81.1 Å². The molecule has 0 saturated carbocycles. The van der Waals surface area contributed by atoms with E-state index in [4.69, 9.17) is 0 Å². The molecule has 25 heavy (non-hydrogen) atoms. The topological polar surface area (TPSA) is 54.4 Å². The van der Waals surface area contributed by atoms with Crippen LogP contribution in [0, 0.1) is 0 Å². The molecule has 0 atom stereocenters. The summed E-state index contributed by atoms with van der Waals surface area (Å²) in [6, 6.07) is 19.0. The van der Waals surface area contributed by atoms with E-state index >= 15 is 0 Å². The predicted molar refractivity (Wildman–Crippen MR) is 103 cm³/mol. The largest absolute Gasteiger partial charge is 0.477 e. The molecule has 1 N–H and O–H groups in total. The van der Waals surface area contributed by atoms with Crippen molar-refractivity contribution in [2.45, 2.75) is 12.8 Å². The number of ketones is 1. The molecule has 0 fully saturated rings. The third kappa shape index (κ3) is 4.44. The number of carboxylic acid groups (broad SMARTS) is 1. The Labute approximate surface area is 158 Å². The first-order valence-electron chi connectivity index (χ1n) is 7.70. The number of thiophene rings is 1. The van der Waals surface area contributed by atoms with E-state index in [1.807, 2.05) is 60.7 Å². The second-order valence-electron chi connectivity index (χ2n) is 5.65. The Kier molecular flexibility index (Phi) is 5.46. The molecule has 0 bridgehead atoms. The van der Waals surface area contributed by atoms with Crippen LogP contribution in [0.3, 0.4) is 0 Å². The first-order valence-corrected chi connectivity index (χ1v) is 9.31. The zero-order chi connectivity index (χ0) is 17.8. The molecule has 1 aromatic heterocycles. The molecule has 3 aromatic rings. The quantitative estimate of drug-likeness (QED) is 0.600. The lowest BCUT2D eigenvalue weighted by atomic mass is 10.0. The first kappa shape index (κ1) is 17.6. The number of aromatic carboxylic acids is 1. The summed E-state index contributed by atoms with van der Waals surface area (Å²) in [4.78, 5) is 25.0. The van der Waals surface area contributed by atoms with Gasteiger partial charge in [0.2, 0.25) is 0 Å². The van der Waals surface area contributed by atoms with Crippen LogP contribution in [-0.2, 0) is 17.6 Å². The minimum Gasteiger partial charge on any atom is -0.477 e. The monoisotopic (exact) mass is 414 g/mol. The van der Waals surface area contributed by atoms with Crippen LogP contribution >= 0.6 is 27.3 Å². The molecular formula is C20H15BrO3S. The van der Waals surface area contributed by atoms with Crippen molar-refractivity contribution in [1.82, 2.24) is 0 Å². The molecule has 2 aromatic carbocycles. The van der Waals surface area contributed by atoms with Crippen molar-refractivity contribution in [2.75, 3.05) is 0 Å². The van der Waals surface area contributed by atoms with Gasteiger partial charge in [-0.1, -0.05) is 58.4 Å². The molecule has 3 rings (SSSR count). The van der Waals surface area contributed by atoms with Gasteiger partial charge >= 0.3 is 5.97 Å². The van der Waals surface area contributed by atoms with Crippen molar-refractivity contribution in [3.63, 3.8) is 0 Å². The lowest BCUT2D eigenvalue weighted by Crippen LogP contribution is -2.08. The van der Waals surface area contributed by atoms with Crippen LogP contribution in [0.5, 0.6) is 0 Å². The molecule has 0 aliphatic rings. The highest BCUT2D eigenvalue weighted by Crippen LogP contribution is 2.32. The van der Waals surface area contributed by atoms with E-state index in [0.717, 1.165) is 20.5 Å². The van der Waals surface area contributed by atoms with E-state index < -0.39 is 5.97 Å². The van der Waals surface area contributed by atoms with Gasteiger partial charge in [0.25, 0.3) is 0 Å². The summed E-state index contributed by atoms with van der Waals surface area (Å²) in [5.41, 5.74) is 2.46. The van der Waals surface area contributed by atoms with Gasteiger partial charge in [-0.2, -0.15) is 0 Å². The predicted octanol–water partition coefficient (Wildman–Crippen LogP) is 5.23. The zero-order valence-corrected chi connectivity index (χ0v) is 15.6. The summed E-state index contributed by atoms with van der Waals surface area (Å²) in [5.74, 6) is -0.985. The van der Waals surface area contributed by atoms with Gasteiger partial charge in [-0.25, -0.2) is 4.79 Å². The van der Waals surface area contributed by atoms with Gasteiger partial charge in [0, 0.05) is 22.2 Å². The highest BCUT2D eigenvalue weighted by atomic mass is 79.9. The Balaban J connectivity index is 1.81. The summed E-state index contributed by atoms with van der Waals surface area (Å²) in [6.07, 6.45) is 0.421. The van der Waals surface area contributed by atoms with Crippen LogP contribution in [0.4, 0.5) is 0 Å². The fraction of sp³-hybridized carbons (Fsp3) is 0.100. The molecule has 5 heteroatoms. The molecule has 0 radical (unpaired) electrons. The first-order chi connectivity index (χ1) is 12.0. The van der Waals surface area contributed by atoms with Crippen molar-refractivity contribution < 1.29 is 14.7 Å². The second-order valence-corrected chi connectivity index (χ2v) is 7.62. The normalized spacial score (nSPS) is 10.6. The number of carbonyl (C=O) groups excluding carboxylic acids is 1. The summed E-state index contributed by atoms with van der Waals surface area (Å²) in [6.45, 7) is 0. The van der Waals surface area contributed by atoms with Crippen LogP contribution in [0.15, 0.2) is 65.1 Å². The number of Topliss-reactive ketones (excluding diaryl/α,β-unsaturated/α-hetero) is 1. The molecule has 3 nitrogen and oxygen atoms in total. The molecule has 0 saturated heterocycles. The van der Waals surface area contributed by atoms with E-state index in [1.54, 1.807) is 0 Å².